The largest absolute Gasteiger partial charge is 0.368 e. The number of aryl methyl sites for hydroxylation is 1. The molecule has 6 nitrogen and oxygen atoms in total. The average molecular weight is 339 g/mol. The highest BCUT2D eigenvalue weighted by molar-refractivity contribution is 7.89. The summed E-state index contributed by atoms with van der Waals surface area (Å²) < 4.78 is 27.3. The second kappa shape index (κ2) is 7.42. The van der Waals surface area contributed by atoms with Crippen LogP contribution in [0.2, 0.25) is 0 Å². The second-order valence-corrected chi connectivity index (χ2v) is 8.01. The predicted octanol–water partition coefficient (Wildman–Crippen LogP) is 0.859. The van der Waals surface area contributed by atoms with E-state index in [1.807, 2.05) is 11.8 Å². The first-order valence-corrected chi connectivity index (χ1v) is 9.37. The third-order valence-corrected chi connectivity index (χ3v) is 5.84. The molecule has 0 bridgehead atoms. The van der Waals surface area contributed by atoms with Crippen molar-refractivity contribution in [3.05, 3.63) is 29.8 Å². The number of hydrogen-bond donors (Lipinski definition) is 2. The summed E-state index contributed by atoms with van der Waals surface area (Å²) in [6.07, 6.45) is 1.88. The zero-order valence-electron chi connectivity index (χ0n) is 13.7. The summed E-state index contributed by atoms with van der Waals surface area (Å²) in [6, 6.07) is 6.48. The molecule has 0 aliphatic carbocycles. The summed E-state index contributed by atoms with van der Waals surface area (Å²) in [5, 5.41) is 0. The van der Waals surface area contributed by atoms with Crippen LogP contribution in [0, 0.1) is 12.8 Å². The molecule has 0 radical (unpaired) electrons. The van der Waals surface area contributed by atoms with Crippen molar-refractivity contribution < 1.29 is 13.2 Å². The molecular formula is C16H25N3O3S. The molecule has 0 aromatic heterocycles. The number of hydrogen-bond acceptors (Lipinski definition) is 4. The SMILES string of the molecule is Cc1ccc(S(=O)(=O)NC[C@H]2CCCN([C@@H](C)C(N)=O)C2)cc1. The normalized spacial score (nSPS) is 21.0. The summed E-state index contributed by atoms with van der Waals surface area (Å²) in [5.74, 6) is -0.156. The number of piperidine rings is 1. The van der Waals surface area contributed by atoms with Crippen molar-refractivity contribution in [3.8, 4) is 0 Å². The van der Waals surface area contributed by atoms with Crippen LogP contribution in [-0.2, 0) is 14.8 Å². The minimum Gasteiger partial charge on any atom is -0.368 e. The number of likely N-dealkylation sites (tertiary alicyclic amines) is 1. The quantitative estimate of drug-likeness (QED) is 0.804. The lowest BCUT2D eigenvalue weighted by Crippen LogP contribution is -2.49. The maximum Gasteiger partial charge on any atom is 0.240 e. The van der Waals surface area contributed by atoms with E-state index >= 15 is 0 Å². The van der Waals surface area contributed by atoms with E-state index in [9.17, 15) is 13.2 Å². The fourth-order valence-corrected chi connectivity index (χ4v) is 3.94. The molecule has 7 heteroatoms. The molecule has 1 heterocycles. The van der Waals surface area contributed by atoms with Gasteiger partial charge < -0.3 is 5.73 Å². The van der Waals surface area contributed by atoms with Gasteiger partial charge >= 0.3 is 0 Å². The van der Waals surface area contributed by atoms with Crippen LogP contribution in [0.15, 0.2) is 29.2 Å². The van der Waals surface area contributed by atoms with Crippen LogP contribution in [0.3, 0.4) is 0 Å². The first-order chi connectivity index (χ1) is 10.8. The van der Waals surface area contributed by atoms with Gasteiger partial charge in [0.15, 0.2) is 0 Å². The first-order valence-electron chi connectivity index (χ1n) is 7.89. The predicted molar refractivity (Wildman–Crippen MR) is 89.3 cm³/mol. The Morgan fingerprint density at radius 3 is 2.65 bits per heavy atom. The monoisotopic (exact) mass is 339 g/mol. The van der Waals surface area contributed by atoms with Gasteiger partial charge in [0.1, 0.15) is 0 Å². The third kappa shape index (κ3) is 4.76. The van der Waals surface area contributed by atoms with Crippen LogP contribution in [0.5, 0.6) is 0 Å². The molecule has 3 N–H and O–H groups in total. The van der Waals surface area contributed by atoms with E-state index in [2.05, 4.69) is 4.72 Å². The number of rotatable bonds is 6. The molecule has 0 saturated carbocycles. The fraction of sp³-hybridized carbons (Fsp3) is 0.562. The number of nitrogens with one attached hydrogen (secondary N) is 1. The van der Waals surface area contributed by atoms with E-state index in [-0.39, 0.29) is 22.8 Å². The number of carbonyl (C=O) groups excluding carboxylic acids is 1. The summed E-state index contributed by atoms with van der Waals surface area (Å²) in [6.45, 7) is 5.59. The zero-order valence-corrected chi connectivity index (χ0v) is 14.5. The summed E-state index contributed by atoms with van der Waals surface area (Å²) in [5.41, 5.74) is 6.37. The van der Waals surface area contributed by atoms with Crippen molar-refractivity contribution in [1.82, 2.24) is 9.62 Å². The van der Waals surface area contributed by atoms with E-state index in [0.717, 1.165) is 24.9 Å². The number of nitrogens with zero attached hydrogens (tertiary/aromatic N) is 1. The van der Waals surface area contributed by atoms with Crippen LogP contribution in [0.4, 0.5) is 0 Å². The van der Waals surface area contributed by atoms with Crippen molar-refractivity contribution in [2.24, 2.45) is 11.7 Å². The molecule has 2 rings (SSSR count). The number of amides is 1. The lowest BCUT2D eigenvalue weighted by atomic mass is 9.97. The Labute approximate surface area is 138 Å². The van der Waals surface area contributed by atoms with E-state index in [0.29, 0.717) is 13.1 Å². The Kier molecular flexibility index (Phi) is 5.78. The van der Waals surface area contributed by atoms with Gasteiger partial charge in [-0.2, -0.15) is 0 Å². The molecule has 1 amide bonds. The number of sulfonamides is 1. The van der Waals surface area contributed by atoms with Gasteiger partial charge in [-0.05, 0) is 51.3 Å². The Morgan fingerprint density at radius 2 is 2.04 bits per heavy atom. The molecule has 1 aromatic carbocycles. The highest BCUT2D eigenvalue weighted by Crippen LogP contribution is 2.19. The van der Waals surface area contributed by atoms with Crippen molar-refractivity contribution in [3.63, 3.8) is 0 Å². The Bertz CT molecular complexity index is 643. The number of primary amides is 1. The van der Waals surface area contributed by atoms with Gasteiger partial charge in [-0.25, -0.2) is 13.1 Å². The molecule has 1 aromatic rings. The van der Waals surface area contributed by atoms with Gasteiger partial charge in [-0.3, -0.25) is 9.69 Å². The molecule has 128 valence electrons. The first kappa shape index (κ1) is 17.9. The van der Waals surface area contributed by atoms with Crippen LogP contribution in [0.1, 0.15) is 25.3 Å². The van der Waals surface area contributed by atoms with Crippen molar-refractivity contribution in [1.29, 1.82) is 0 Å². The second-order valence-electron chi connectivity index (χ2n) is 6.25. The van der Waals surface area contributed by atoms with Crippen LogP contribution in [0.25, 0.3) is 0 Å². The maximum absolute atomic E-state index is 12.3. The molecular weight excluding hydrogens is 314 g/mol. The van der Waals surface area contributed by atoms with Gasteiger partial charge in [-0.15, -0.1) is 0 Å². The van der Waals surface area contributed by atoms with E-state index < -0.39 is 10.0 Å². The Morgan fingerprint density at radius 1 is 1.39 bits per heavy atom. The molecule has 1 saturated heterocycles. The maximum atomic E-state index is 12.3. The fourth-order valence-electron chi connectivity index (χ4n) is 2.82. The topological polar surface area (TPSA) is 92.5 Å². The van der Waals surface area contributed by atoms with E-state index in [1.54, 1.807) is 31.2 Å². The molecule has 0 spiro atoms. The van der Waals surface area contributed by atoms with Crippen LogP contribution >= 0.6 is 0 Å². The summed E-state index contributed by atoms with van der Waals surface area (Å²) in [4.78, 5) is 13.6. The van der Waals surface area contributed by atoms with Gasteiger partial charge in [0.25, 0.3) is 0 Å². The lowest BCUT2D eigenvalue weighted by molar-refractivity contribution is -0.123. The molecule has 0 unspecified atom stereocenters. The highest BCUT2D eigenvalue weighted by Gasteiger charge is 2.27. The standard InChI is InChI=1S/C16H25N3O3S/c1-12-5-7-15(8-6-12)23(21,22)18-10-14-4-3-9-19(11-14)13(2)16(17)20/h5-8,13-14,18H,3-4,9-11H2,1-2H3,(H2,17,20)/t13-,14+/m0/s1. The molecule has 1 fully saturated rings. The third-order valence-electron chi connectivity index (χ3n) is 4.40. The van der Waals surface area contributed by atoms with Crippen molar-refractivity contribution in [2.45, 2.75) is 37.6 Å². The number of benzene rings is 1. The van der Waals surface area contributed by atoms with Gasteiger partial charge in [-0.1, -0.05) is 17.7 Å². The van der Waals surface area contributed by atoms with Gasteiger partial charge in [0, 0.05) is 13.1 Å². The Hall–Kier alpha value is -1.44. The van der Waals surface area contributed by atoms with Crippen LogP contribution in [-0.4, -0.2) is 44.9 Å². The molecule has 23 heavy (non-hydrogen) atoms. The smallest absolute Gasteiger partial charge is 0.240 e. The van der Waals surface area contributed by atoms with Crippen molar-refractivity contribution in [2.75, 3.05) is 19.6 Å². The minimum absolute atomic E-state index is 0.186. The van der Waals surface area contributed by atoms with Gasteiger partial charge in [0.2, 0.25) is 15.9 Å². The molecule has 1 aliphatic heterocycles. The van der Waals surface area contributed by atoms with E-state index in [1.165, 1.54) is 0 Å². The van der Waals surface area contributed by atoms with Crippen LogP contribution < -0.4 is 10.5 Å². The van der Waals surface area contributed by atoms with Gasteiger partial charge in [0.05, 0.1) is 10.9 Å². The molecule has 1 aliphatic rings. The van der Waals surface area contributed by atoms with E-state index in [4.69, 9.17) is 5.73 Å². The zero-order chi connectivity index (χ0) is 17.0. The molecule has 2 atom stereocenters. The summed E-state index contributed by atoms with van der Waals surface area (Å²) >= 11 is 0. The highest BCUT2D eigenvalue weighted by atomic mass is 32.2. The Balaban J connectivity index is 1.94. The summed E-state index contributed by atoms with van der Waals surface area (Å²) in [7, 11) is -3.49. The minimum atomic E-state index is -3.49. The average Bonchev–Trinajstić information content (AvgIpc) is 2.53. The number of carbonyl (C=O) groups is 1. The van der Waals surface area contributed by atoms with Crippen molar-refractivity contribution >= 4 is 15.9 Å². The lowest BCUT2D eigenvalue weighted by Gasteiger charge is -2.35. The number of nitrogens with two attached hydrogens (primary N) is 1.